The fraction of sp³-hybridized carbons (Fsp3) is 0.0714. The van der Waals surface area contributed by atoms with E-state index in [1.165, 1.54) is 11.3 Å². The van der Waals surface area contributed by atoms with Gasteiger partial charge in [0, 0.05) is 0 Å². The molecule has 0 aliphatic heterocycles. The third-order valence-corrected chi connectivity index (χ3v) is 4.35. The van der Waals surface area contributed by atoms with Gasteiger partial charge in [0.2, 0.25) is 0 Å². The van der Waals surface area contributed by atoms with Crippen LogP contribution in [0.5, 0.6) is 0 Å². The average Bonchev–Trinajstić information content (AvgIpc) is 3.12. The van der Waals surface area contributed by atoms with Crippen LogP contribution in [0.3, 0.4) is 0 Å². The first-order valence-electron chi connectivity index (χ1n) is 5.52. The van der Waals surface area contributed by atoms with Crippen LogP contribution in [-0.2, 0) is 6.42 Å². The predicted molar refractivity (Wildman–Crippen MR) is 74.4 cm³/mol. The molecule has 90 valence electrons. The van der Waals surface area contributed by atoms with Crippen molar-refractivity contribution in [2.24, 2.45) is 0 Å². The van der Waals surface area contributed by atoms with Crippen molar-refractivity contribution in [3.05, 3.63) is 57.8 Å². The van der Waals surface area contributed by atoms with Crippen molar-refractivity contribution >= 4 is 28.5 Å². The molecule has 0 N–H and O–H groups in total. The number of Topliss-reactive ketones (excluding diaryl/α,β-unsaturated/α-hetero) is 1. The number of ketones is 1. The van der Waals surface area contributed by atoms with E-state index < -0.39 is 0 Å². The molecule has 0 aromatic carbocycles. The molecular formula is C14H10O2S2. The van der Waals surface area contributed by atoms with Gasteiger partial charge < -0.3 is 4.42 Å². The maximum atomic E-state index is 11.9. The van der Waals surface area contributed by atoms with Crippen LogP contribution in [-0.4, -0.2) is 5.78 Å². The third kappa shape index (κ3) is 2.30. The maximum Gasteiger partial charge on any atom is 0.180 e. The van der Waals surface area contributed by atoms with E-state index in [4.69, 9.17) is 4.42 Å². The normalized spacial score (nSPS) is 10.7. The van der Waals surface area contributed by atoms with Gasteiger partial charge in [-0.3, -0.25) is 4.79 Å². The fourth-order valence-corrected chi connectivity index (χ4v) is 3.06. The summed E-state index contributed by atoms with van der Waals surface area (Å²) in [4.78, 5) is 13.8. The Morgan fingerprint density at radius 1 is 1.06 bits per heavy atom. The van der Waals surface area contributed by atoms with Gasteiger partial charge in [-0.15, -0.1) is 22.7 Å². The molecule has 0 atom stereocenters. The molecule has 0 saturated carbocycles. The minimum Gasteiger partial charge on any atom is -0.460 e. The molecule has 3 aromatic heterocycles. The van der Waals surface area contributed by atoms with Crippen molar-refractivity contribution < 1.29 is 9.21 Å². The molecule has 0 saturated heterocycles. The predicted octanol–water partition coefficient (Wildman–Crippen LogP) is 4.50. The Labute approximate surface area is 113 Å². The van der Waals surface area contributed by atoms with Crippen LogP contribution in [0.2, 0.25) is 0 Å². The molecule has 0 bridgehead atoms. The molecule has 3 aromatic rings. The van der Waals surface area contributed by atoms with Crippen molar-refractivity contribution in [3.63, 3.8) is 0 Å². The fourth-order valence-electron chi connectivity index (χ4n) is 1.71. The van der Waals surface area contributed by atoms with Crippen LogP contribution in [0.25, 0.3) is 10.6 Å². The van der Waals surface area contributed by atoms with Gasteiger partial charge in [0.25, 0.3) is 0 Å². The topological polar surface area (TPSA) is 30.2 Å². The van der Waals surface area contributed by atoms with E-state index in [-0.39, 0.29) is 5.78 Å². The van der Waals surface area contributed by atoms with Crippen molar-refractivity contribution in [1.29, 1.82) is 0 Å². The Morgan fingerprint density at radius 2 is 1.89 bits per heavy atom. The van der Waals surface area contributed by atoms with Gasteiger partial charge >= 0.3 is 0 Å². The largest absolute Gasteiger partial charge is 0.460 e. The van der Waals surface area contributed by atoms with Crippen LogP contribution < -0.4 is 0 Å². The highest BCUT2D eigenvalue weighted by Gasteiger charge is 2.12. The molecular weight excluding hydrogens is 264 g/mol. The van der Waals surface area contributed by atoms with Crippen LogP contribution >= 0.6 is 22.7 Å². The highest BCUT2D eigenvalue weighted by Crippen LogP contribution is 2.27. The van der Waals surface area contributed by atoms with Crippen LogP contribution in [0, 0.1) is 0 Å². The molecule has 0 amide bonds. The summed E-state index contributed by atoms with van der Waals surface area (Å²) in [6, 6.07) is 11.5. The van der Waals surface area contributed by atoms with E-state index in [9.17, 15) is 4.79 Å². The lowest BCUT2D eigenvalue weighted by Gasteiger charge is -1.95. The molecule has 3 rings (SSSR count). The first-order chi connectivity index (χ1) is 8.83. The molecule has 2 nitrogen and oxygen atoms in total. The number of thiophene rings is 2. The Bertz CT molecular complexity index is 633. The summed E-state index contributed by atoms with van der Waals surface area (Å²) in [6.07, 6.45) is 0.325. The van der Waals surface area contributed by atoms with E-state index in [2.05, 4.69) is 0 Å². The second-order valence-corrected chi connectivity index (χ2v) is 5.72. The molecule has 0 spiro atoms. The van der Waals surface area contributed by atoms with Crippen LogP contribution in [0.1, 0.15) is 15.4 Å². The lowest BCUT2D eigenvalue weighted by Crippen LogP contribution is -1.99. The van der Waals surface area contributed by atoms with Crippen LogP contribution in [0.15, 0.2) is 51.6 Å². The monoisotopic (exact) mass is 274 g/mol. The molecule has 3 heterocycles. The smallest absolute Gasteiger partial charge is 0.180 e. The molecule has 0 aliphatic carbocycles. The highest BCUT2D eigenvalue weighted by atomic mass is 32.1. The van der Waals surface area contributed by atoms with Gasteiger partial charge in [0.1, 0.15) is 11.5 Å². The Balaban J connectivity index is 1.76. The zero-order valence-electron chi connectivity index (χ0n) is 9.46. The maximum absolute atomic E-state index is 11.9. The minimum absolute atomic E-state index is 0.108. The van der Waals surface area contributed by atoms with E-state index in [1.54, 1.807) is 11.3 Å². The van der Waals surface area contributed by atoms with Crippen LogP contribution in [0.4, 0.5) is 0 Å². The first-order valence-corrected chi connectivity index (χ1v) is 7.28. The summed E-state index contributed by atoms with van der Waals surface area (Å²) in [5.41, 5.74) is 0. The zero-order chi connectivity index (χ0) is 12.4. The summed E-state index contributed by atoms with van der Waals surface area (Å²) < 4.78 is 5.69. The number of hydrogen-bond donors (Lipinski definition) is 0. The lowest BCUT2D eigenvalue weighted by atomic mass is 10.2. The van der Waals surface area contributed by atoms with Crippen molar-refractivity contribution in [2.45, 2.75) is 6.42 Å². The highest BCUT2D eigenvalue weighted by molar-refractivity contribution is 7.13. The van der Waals surface area contributed by atoms with Crippen molar-refractivity contribution in [3.8, 4) is 10.6 Å². The summed E-state index contributed by atoms with van der Waals surface area (Å²) in [5.74, 6) is 1.66. The van der Waals surface area contributed by atoms with E-state index >= 15 is 0 Å². The van der Waals surface area contributed by atoms with E-state index in [0.29, 0.717) is 6.42 Å². The second-order valence-electron chi connectivity index (χ2n) is 3.82. The molecule has 4 heteroatoms. The quantitative estimate of drug-likeness (QED) is 0.656. The molecule has 18 heavy (non-hydrogen) atoms. The SMILES string of the molecule is O=C(Cc1ccc(-c2cccs2)o1)c1cccs1. The average molecular weight is 274 g/mol. The Hall–Kier alpha value is -1.65. The number of rotatable bonds is 4. The van der Waals surface area contributed by atoms with Gasteiger partial charge in [0.15, 0.2) is 5.78 Å². The summed E-state index contributed by atoms with van der Waals surface area (Å²) >= 11 is 3.10. The second kappa shape index (κ2) is 4.92. The van der Waals surface area contributed by atoms with E-state index in [1.807, 2.05) is 47.2 Å². The van der Waals surface area contributed by atoms with Gasteiger partial charge in [-0.2, -0.15) is 0 Å². The van der Waals surface area contributed by atoms with Crippen molar-refractivity contribution in [2.75, 3.05) is 0 Å². The number of carbonyl (C=O) groups excluding carboxylic acids is 1. The zero-order valence-corrected chi connectivity index (χ0v) is 11.1. The number of hydrogen-bond acceptors (Lipinski definition) is 4. The van der Waals surface area contributed by atoms with Gasteiger partial charge in [-0.1, -0.05) is 12.1 Å². The summed E-state index contributed by atoms with van der Waals surface area (Å²) in [5, 5.41) is 3.92. The number of carbonyl (C=O) groups is 1. The first kappa shape index (κ1) is 11.4. The Kier molecular flexibility index (Phi) is 3.13. The Morgan fingerprint density at radius 3 is 2.61 bits per heavy atom. The molecule has 0 radical (unpaired) electrons. The third-order valence-electron chi connectivity index (χ3n) is 2.56. The molecule has 0 fully saturated rings. The van der Waals surface area contributed by atoms with Crippen molar-refractivity contribution in [1.82, 2.24) is 0 Å². The lowest BCUT2D eigenvalue weighted by molar-refractivity contribution is 0.0991. The molecule has 0 aliphatic rings. The standard InChI is InChI=1S/C14H10O2S2/c15-11(13-3-1-7-17-13)9-10-5-6-12(16-10)14-4-2-8-18-14/h1-8H,9H2. The van der Waals surface area contributed by atoms with Gasteiger partial charge in [-0.05, 0) is 35.0 Å². The summed E-state index contributed by atoms with van der Waals surface area (Å²) in [6.45, 7) is 0. The van der Waals surface area contributed by atoms with Gasteiger partial charge in [-0.25, -0.2) is 0 Å². The minimum atomic E-state index is 0.108. The summed E-state index contributed by atoms with van der Waals surface area (Å²) in [7, 11) is 0. The van der Waals surface area contributed by atoms with Gasteiger partial charge in [0.05, 0.1) is 16.2 Å². The molecule has 0 unspecified atom stereocenters. The van der Waals surface area contributed by atoms with E-state index in [0.717, 1.165) is 21.3 Å². The number of furan rings is 1.